The molecule has 0 radical (unpaired) electrons. The van der Waals surface area contributed by atoms with Gasteiger partial charge in [-0.25, -0.2) is 8.78 Å². The molecule has 0 unspecified atom stereocenters. The van der Waals surface area contributed by atoms with Gasteiger partial charge in [0.2, 0.25) is 0 Å². The minimum Gasteiger partial charge on any atom is -0.352 e. The Balaban J connectivity index is 3.02. The van der Waals surface area contributed by atoms with Crippen LogP contribution in [0.1, 0.15) is 29.3 Å². The van der Waals surface area contributed by atoms with Crippen LogP contribution in [-0.4, -0.2) is 12.5 Å². The van der Waals surface area contributed by atoms with E-state index in [0.29, 0.717) is 6.54 Å². The van der Waals surface area contributed by atoms with Gasteiger partial charge in [0.25, 0.3) is 5.91 Å². The Morgan fingerprint density at radius 1 is 1.40 bits per heavy atom. The number of halogens is 2. The lowest BCUT2D eigenvalue weighted by Gasteiger charge is -2.07. The third-order valence-electron chi connectivity index (χ3n) is 2.05. The van der Waals surface area contributed by atoms with Gasteiger partial charge in [0.05, 0.1) is 0 Å². The van der Waals surface area contributed by atoms with E-state index in [0.717, 1.165) is 12.5 Å². The lowest BCUT2D eigenvalue weighted by molar-refractivity contribution is 0.0945. The van der Waals surface area contributed by atoms with E-state index < -0.39 is 23.1 Å². The summed E-state index contributed by atoms with van der Waals surface area (Å²) in [6.07, 6.45) is 0.723. The number of rotatable bonds is 3. The van der Waals surface area contributed by atoms with Crippen molar-refractivity contribution in [3.8, 4) is 0 Å². The molecule has 82 valence electrons. The molecule has 4 heteroatoms. The molecule has 15 heavy (non-hydrogen) atoms. The summed E-state index contributed by atoms with van der Waals surface area (Å²) in [5.74, 6) is -2.31. The lowest BCUT2D eigenvalue weighted by atomic mass is 10.1. The second-order valence-electron chi connectivity index (χ2n) is 3.31. The fraction of sp³-hybridized carbons (Fsp3) is 0.364. The van der Waals surface area contributed by atoms with Crippen molar-refractivity contribution in [3.05, 3.63) is 34.9 Å². The zero-order chi connectivity index (χ0) is 11.4. The average molecular weight is 213 g/mol. The Kier molecular flexibility index (Phi) is 3.77. The molecule has 1 amide bonds. The van der Waals surface area contributed by atoms with Crippen LogP contribution in [0.3, 0.4) is 0 Å². The number of hydrogen-bond acceptors (Lipinski definition) is 1. The van der Waals surface area contributed by atoms with Gasteiger partial charge in [-0.15, -0.1) is 0 Å². The van der Waals surface area contributed by atoms with Crippen molar-refractivity contribution in [2.24, 2.45) is 0 Å². The summed E-state index contributed by atoms with van der Waals surface area (Å²) in [5.41, 5.74) is -0.235. The highest BCUT2D eigenvalue weighted by atomic mass is 19.1. The van der Waals surface area contributed by atoms with Crippen molar-refractivity contribution >= 4 is 5.91 Å². The Hall–Kier alpha value is -1.45. The maximum Gasteiger partial charge on any atom is 0.257 e. The van der Waals surface area contributed by atoms with Crippen LogP contribution in [0.15, 0.2) is 12.1 Å². The Morgan fingerprint density at radius 2 is 2.07 bits per heavy atom. The smallest absolute Gasteiger partial charge is 0.257 e. The van der Waals surface area contributed by atoms with E-state index in [1.165, 1.54) is 13.0 Å². The Morgan fingerprint density at radius 3 is 2.67 bits per heavy atom. The predicted octanol–water partition coefficient (Wildman–Crippen LogP) is 2.41. The number of hydrogen-bond donors (Lipinski definition) is 1. The van der Waals surface area contributed by atoms with E-state index in [-0.39, 0.29) is 5.56 Å². The SMILES string of the molecule is CCCNC(=O)c1c(F)ccc(C)c1F. The molecule has 0 aliphatic heterocycles. The topological polar surface area (TPSA) is 29.1 Å². The minimum absolute atomic E-state index is 0.262. The minimum atomic E-state index is -0.827. The standard InChI is InChI=1S/C11H13F2NO/c1-3-6-14-11(15)9-8(12)5-4-7(2)10(9)13/h4-5H,3,6H2,1-2H3,(H,14,15). The van der Waals surface area contributed by atoms with Crippen LogP contribution in [0.5, 0.6) is 0 Å². The molecule has 1 aromatic rings. The summed E-state index contributed by atoms with van der Waals surface area (Å²) < 4.78 is 26.6. The Labute approximate surface area is 87.3 Å². The molecule has 0 spiro atoms. The molecule has 0 aromatic heterocycles. The first kappa shape index (κ1) is 11.6. The molecule has 1 N–H and O–H groups in total. The average Bonchev–Trinajstić information content (AvgIpc) is 2.21. The van der Waals surface area contributed by atoms with Crippen LogP contribution in [0, 0.1) is 18.6 Å². The molecule has 0 atom stereocenters. The largest absolute Gasteiger partial charge is 0.352 e. The van der Waals surface area contributed by atoms with Crippen molar-refractivity contribution in [2.75, 3.05) is 6.54 Å². The van der Waals surface area contributed by atoms with Gasteiger partial charge in [-0.1, -0.05) is 13.0 Å². The molecule has 0 saturated heterocycles. The van der Waals surface area contributed by atoms with Crippen LogP contribution < -0.4 is 5.32 Å². The first-order valence-corrected chi connectivity index (χ1v) is 4.80. The molecule has 0 aliphatic carbocycles. The molecule has 0 bridgehead atoms. The Bertz CT molecular complexity index is 377. The number of benzene rings is 1. The first-order chi connectivity index (χ1) is 7.07. The summed E-state index contributed by atoms with van der Waals surface area (Å²) in [5, 5.41) is 2.44. The fourth-order valence-electron chi connectivity index (χ4n) is 1.19. The van der Waals surface area contributed by atoms with Gasteiger partial charge in [0.1, 0.15) is 17.2 Å². The zero-order valence-corrected chi connectivity index (χ0v) is 8.73. The molecule has 0 fully saturated rings. The predicted molar refractivity (Wildman–Crippen MR) is 53.7 cm³/mol. The number of carbonyl (C=O) groups excluding carboxylic acids is 1. The summed E-state index contributed by atoms with van der Waals surface area (Å²) in [4.78, 5) is 11.4. The zero-order valence-electron chi connectivity index (χ0n) is 8.73. The molecular formula is C11H13F2NO. The van der Waals surface area contributed by atoms with Gasteiger partial charge in [-0.3, -0.25) is 4.79 Å². The number of carbonyl (C=O) groups is 1. The van der Waals surface area contributed by atoms with E-state index in [2.05, 4.69) is 5.32 Å². The molecular weight excluding hydrogens is 200 g/mol. The van der Waals surface area contributed by atoms with Crippen LogP contribution in [0.2, 0.25) is 0 Å². The van der Waals surface area contributed by atoms with Crippen molar-refractivity contribution in [3.63, 3.8) is 0 Å². The van der Waals surface area contributed by atoms with E-state index in [1.54, 1.807) is 0 Å². The fourth-order valence-corrected chi connectivity index (χ4v) is 1.19. The summed E-state index contributed by atoms with van der Waals surface area (Å²) in [7, 11) is 0. The molecule has 0 aliphatic rings. The number of nitrogens with one attached hydrogen (secondary N) is 1. The second-order valence-corrected chi connectivity index (χ2v) is 3.31. The second kappa shape index (κ2) is 4.87. The van der Waals surface area contributed by atoms with Gasteiger partial charge < -0.3 is 5.32 Å². The van der Waals surface area contributed by atoms with Crippen molar-refractivity contribution in [2.45, 2.75) is 20.3 Å². The van der Waals surface area contributed by atoms with E-state index >= 15 is 0 Å². The monoisotopic (exact) mass is 213 g/mol. The number of aryl methyl sites for hydroxylation is 1. The first-order valence-electron chi connectivity index (χ1n) is 4.80. The van der Waals surface area contributed by atoms with Crippen LogP contribution in [0.4, 0.5) is 8.78 Å². The highest BCUT2D eigenvalue weighted by molar-refractivity contribution is 5.94. The quantitative estimate of drug-likeness (QED) is 0.820. The highest BCUT2D eigenvalue weighted by Crippen LogP contribution is 2.15. The van der Waals surface area contributed by atoms with Crippen LogP contribution >= 0.6 is 0 Å². The van der Waals surface area contributed by atoms with Gasteiger partial charge in [0.15, 0.2) is 0 Å². The maximum atomic E-state index is 13.4. The molecule has 1 rings (SSSR count). The molecule has 1 aromatic carbocycles. The maximum absolute atomic E-state index is 13.4. The summed E-state index contributed by atoms with van der Waals surface area (Å²) in [6, 6.07) is 2.40. The van der Waals surface area contributed by atoms with E-state index in [9.17, 15) is 13.6 Å². The molecule has 2 nitrogen and oxygen atoms in total. The normalized spacial score (nSPS) is 10.1. The van der Waals surface area contributed by atoms with Crippen molar-refractivity contribution in [1.29, 1.82) is 0 Å². The van der Waals surface area contributed by atoms with Gasteiger partial charge in [0, 0.05) is 6.54 Å². The van der Waals surface area contributed by atoms with Crippen molar-refractivity contribution in [1.82, 2.24) is 5.32 Å². The third kappa shape index (κ3) is 2.52. The van der Waals surface area contributed by atoms with Crippen molar-refractivity contribution < 1.29 is 13.6 Å². The van der Waals surface area contributed by atoms with Gasteiger partial charge in [-0.2, -0.15) is 0 Å². The third-order valence-corrected chi connectivity index (χ3v) is 2.05. The molecule has 0 heterocycles. The molecule has 0 saturated carbocycles. The van der Waals surface area contributed by atoms with E-state index in [1.807, 2.05) is 6.92 Å². The lowest BCUT2D eigenvalue weighted by Crippen LogP contribution is -2.26. The highest BCUT2D eigenvalue weighted by Gasteiger charge is 2.18. The van der Waals surface area contributed by atoms with Gasteiger partial charge >= 0.3 is 0 Å². The summed E-state index contributed by atoms with van der Waals surface area (Å²) in [6.45, 7) is 3.76. The van der Waals surface area contributed by atoms with E-state index in [4.69, 9.17) is 0 Å². The summed E-state index contributed by atoms with van der Waals surface area (Å²) >= 11 is 0. The van der Waals surface area contributed by atoms with Crippen LogP contribution in [0.25, 0.3) is 0 Å². The van der Waals surface area contributed by atoms with Crippen LogP contribution in [-0.2, 0) is 0 Å². The number of amides is 1. The van der Waals surface area contributed by atoms with Gasteiger partial charge in [-0.05, 0) is 25.0 Å².